The number of fused-ring (bicyclic) bond motifs is 1. The van der Waals surface area contributed by atoms with E-state index in [4.69, 9.17) is 4.74 Å². The van der Waals surface area contributed by atoms with Gasteiger partial charge in [-0.25, -0.2) is 31.7 Å². The molecule has 5 rings (SSSR count). The van der Waals surface area contributed by atoms with E-state index in [9.17, 15) is 22.2 Å². The van der Waals surface area contributed by atoms with Gasteiger partial charge in [0.25, 0.3) is 12.0 Å². The van der Waals surface area contributed by atoms with Crippen molar-refractivity contribution in [3.63, 3.8) is 0 Å². The highest BCUT2D eigenvalue weighted by Crippen LogP contribution is 2.33. The summed E-state index contributed by atoms with van der Waals surface area (Å²) in [5, 5.41) is 3.66. The predicted molar refractivity (Wildman–Crippen MR) is 135 cm³/mol. The quantitative estimate of drug-likeness (QED) is 0.505. The van der Waals surface area contributed by atoms with E-state index in [-0.39, 0.29) is 23.1 Å². The second-order valence-electron chi connectivity index (χ2n) is 9.59. The van der Waals surface area contributed by atoms with Gasteiger partial charge >= 0.3 is 0 Å². The molecular formula is C25H28F3N5O3S. The van der Waals surface area contributed by atoms with Crippen LogP contribution in [0.15, 0.2) is 39.8 Å². The first-order valence-corrected chi connectivity index (χ1v) is 14.0. The zero-order valence-corrected chi connectivity index (χ0v) is 21.3. The Morgan fingerprint density at radius 2 is 1.89 bits per heavy atom. The Morgan fingerprint density at radius 1 is 1.19 bits per heavy atom. The zero-order valence-electron chi connectivity index (χ0n) is 20.5. The van der Waals surface area contributed by atoms with Crippen LogP contribution in [0.1, 0.15) is 54.8 Å². The molecule has 1 aromatic carbocycles. The van der Waals surface area contributed by atoms with Crippen molar-refractivity contribution in [1.82, 2.24) is 14.5 Å². The summed E-state index contributed by atoms with van der Waals surface area (Å²) in [6.07, 6.45) is -0.502. The third-order valence-corrected chi connectivity index (χ3v) is 9.55. The number of alkyl halides is 2. The van der Waals surface area contributed by atoms with Gasteiger partial charge in [-0.05, 0) is 31.7 Å². The Kier molecular flexibility index (Phi) is 6.97. The maximum Gasteiger partial charge on any atom is 0.266 e. The Hall–Kier alpha value is -2.99. The standard InChI is InChI=1S/C25H28F3N5O3S/c1-14(17-4-3-5-18(21(17)26)22(27)28)31-23-20-10-19(25(34)33(2)24(20)30-13-29-23)15-6-8-37(35,9-7-15)32-16-11-36-12-16/h3-5,10,13-16,22H,6-9,11-12H2,1-2H3,(H,29,30,31)/t14-,15?,37?/m1/s1. The fraction of sp³-hybridized carbons (Fsp3) is 0.480. The molecule has 2 aromatic heterocycles. The van der Waals surface area contributed by atoms with E-state index in [1.807, 2.05) is 0 Å². The van der Waals surface area contributed by atoms with Crippen molar-refractivity contribution in [3.8, 4) is 0 Å². The molecule has 2 saturated heterocycles. The lowest BCUT2D eigenvalue weighted by molar-refractivity contribution is 0.0140. The van der Waals surface area contributed by atoms with E-state index in [2.05, 4.69) is 19.6 Å². The summed E-state index contributed by atoms with van der Waals surface area (Å²) in [4.78, 5) is 21.8. The van der Waals surface area contributed by atoms with E-state index in [1.165, 1.54) is 23.0 Å². The molecule has 198 valence electrons. The second-order valence-corrected chi connectivity index (χ2v) is 12.2. The molecule has 4 heterocycles. The Labute approximate surface area is 212 Å². The van der Waals surface area contributed by atoms with E-state index < -0.39 is 33.6 Å². The van der Waals surface area contributed by atoms with Gasteiger partial charge in [-0.1, -0.05) is 18.2 Å². The highest BCUT2D eigenvalue weighted by molar-refractivity contribution is 7.93. The molecule has 12 heteroatoms. The summed E-state index contributed by atoms with van der Waals surface area (Å²) in [5.41, 5.74) is 0.189. The Balaban J connectivity index is 1.46. The van der Waals surface area contributed by atoms with Crippen LogP contribution in [-0.2, 0) is 21.5 Å². The van der Waals surface area contributed by atoms with Crippen molar-refractivity contribution in [2.45, 2.75) is 44.2 Å². The summed E-state index contributed by atoms with van der Waals surface area (Å²) in [6.45, 7) is 2.67. The van der Waals surface area contributed by atoms with E-state index in [0.717, 1.165) is 6.07 Å². The maximum absolute atomic E-state index is 14.7. The van der Waals surface area contributed by atoms with Gasteiger partial charge in [-0.2, -0.15) is 0 Å². The molecule has 1 atom stereocenters. The first kappa shape index (κ1) is 25.7. The average Bonchev–Trinajstić information content (AvgIpc) is 2.84. The Bertz CT molecular complexity index is 1500. The number of nitrogens with one attached hydrogen (secondary N) is 1. The highest BCUT2D eigenvalue weighted by Gasteiger charge is 2.29. The van der Waals surface area contributed by atoms with Crippen LogP contribution in [0.4, 0.5) is 19.0 Å². The van der Waals surface area contributed by atoms with Gasteiger partial charge in [0.05, 0.1) is 30.2 Å². The number of pyridine rings is 1. The number of anilines is 1. The maximum atomic E-state index is 14.7. The third kappa shape index (κ3) is 4.96. The monoisotopic (exact) mass is 535 g/mol. The topological polar surface area (TPSA) is 98.5 Å². The normalized spacial score (nSPS) is 23.1. The number of aryl methyl sites for hydroxylation is 1. The number of aromatic nitrogens is 3. The molecule has 0 spiro atoms. The van der Waals surface area contributed by atoms with Gasteiger partial charge < -0.3 is 10.1 Å². The van der Waals surface area contributed by atoms with Crippen LogP contribution in [-0.4, -0.2) is 49.5 Å². The molecule has 37 heavy (non-hydrogen) atoms. The van der Waals surface area contributed by atoms with Gasteiger partial charge in [0, 0.05) is 39.4 Å². The molecule has 2 aliphatic heterocycles. The highest BCUT2D eigenvalue weighted by atomic mass is 32.2. The molecule has 1 N–H and O–H groups in total. The first-order valence-electron chi connectivity index (χ1n) is 12.1. The lowest BCUT2D eigenvalue weighted by atomic mass is 9.94. The molecule has 0 bridgehead atoms. The van der Waals surface area contributed by atoms with Gasteiger partial charge in [-0.3, -0.25) is 9.36 Å². The number of nitrogens with zero attached hydrogens (tertiary/aromatic N) is 4. The second kappa shape index (κ2) is 10.1. The van der Waals surface area contributed by atoms with Crippen LogP contribution in [0.5, 0.6) is 0 Å². The number of rotatable bonds is 6. The van der Waals surface area contributed by atoms with Crippen LogP contribution in [0, 0.1) is 5.82 Å². The third-order valence-electron chi connectivity index (χ3n) is 7.12. The summed E-state index contributed by atoms with van der Waals surface area (Å²) < 4.78 is 65.4. The van der Waals surface area contributed by atoms with E-state index >= 15 is 0 Å². The van der Waals surface area contributed by atoms with E-state index in [0.29, 0.717) is 60.0 Å². The van der Waals surface area contributed by atoms with Crippen LogP contribution in [0.3, 0.4) is 0 Å². The summed E-state index contributed by atoms with van der Waals surface area (Å²) in [6, 6.07) is 4.96. The van der Waals surface area contributed by atoms with Gasteiger partial charge in [0.1, 0.15) is 29.7 Å². The lowest BCUT2D eigenvalue weighted by Gasteiger charge is -2.28. The van der Waals surface area contributed by atoms with Crippen molar-refractivity contribution in [2.24, 2.45) is 11.4 Å². The summed E-state index contributed by atoms with van der Waals surface area (Å²) >= 11 is 0. The number of halogens is 3. The molecule has 2 aliphatic rings. The molecule has 3 aromatic rings. The van der Waals surface area contributed by atoms with E-state index in [1.54, 1.807) is 20.0 Å². The van der Waals surface area contributed by atoms with Crippen LogP contribution in [0.2, 0.25) is 0 Å². The number of benzene rings is 1. The van der Waals surface area contributed by atoms with Crippen LogP contribution in [0.25, 0.3) is 11.0 Å². The van der Waals surface area contributed by atoms with Crippen LogP contribution >= 0.6 is 0 Å². The molecule has 0 aliphatic carbocycles. The lowest BCUT2D eigenvalue weighted by Crippen LogP contribution is -2.35. The SMILES string of the molecule is C[C@@H](Nc1ncnc2c1cc(C1CCS(=O)(=NC3COC3)CC1)c(=O)n2C)c1cccc(C(F)F)c1F. The predicted octanol–water partition coefficient (Wildman–Crippen LogP) is 4.32. The van der Waals surface area contributed by atoms with Crippen molar-refractivity contribution in [3.05, 3.63) is 63.5 Å². The number of ether oxygens (including phenoxy) is 1. The molecule has 0 saturated carbocycles. The smallest absolute Gasteiger partial charge is 0.266 e. The summed E-state index contributed by atoms with van der Waals surface area (Å²) in [5.74, 6) is 0.131. The van der Waals surface area contributed by atoms with Gasteiger partial charge in [-0.15, -0.1) is 0 Å². The average molecular weight is 536 g/mol. The molecule has 2 fully saturated rings. The van der Waals surface area contributed by atoms with Crippen LogP contribution < -0.4 is 10.9 Å². The first-order chi connectivity index (χ1) is 17.7. The van der Waals surface area contributed by atoms with Crippen molar-refractivity contribution < 1.29 is 22.1 Å². The molecular weight excluding hydrogens is 507 g/mol. The van der Waals surface area contributed by atoms with Gasteiger partial charge in [0.2, 0.25) is 0 Å². The fourth-order valence-corrected chi connectivity index (χ4v) is 7.31. The molecule has 8 nitrogen and oxygen atoms in total. The molecule has 0 radical (unpaired) electrons. The minimum absolute atomic E-state index is 0.00316. The minimum Gasteiger partial charge on any atom is -0.377 e. The van der Waals surface area contributed by atoms with Gasteiger partial charge in [0.15, 0.2) is 0 Å². The fourth-order valence-electron chi connectivity index (χ4n) is 4.93. The number of hydrogen-bond donors (Lipinski definition) is 1. The minimum atomic E-state index is -2.93. The zero-order chi connectivity index (χ0) is 26.3. The van der Waals surface area contributed by atoms with Crippen molar-refractivity contribution in [2.75, 3.05) is 30.0 Å². The molecule has 0 amide bonds. The number of hydrogen-bond acceptors (Lipinski definition) is 7. The molecule has 0 unspecified atom stereocenters. The van der Waals surface area contributed by atoms with Crippen molar-refractivity contribution >= 4 is 26.6 Å². The van der Waals surface area contributed by atoms with Crippen molar-refractivity contribution in [1.29, 1.82) is 0 Å². The summed E-state index contributed by atoms with van der Waals surface area (Å²) in [7, 11) is -0.692. The Morgan fingerprint density at radius 3 is 2.54 bits per heavy atom. The largest absolute Gasteiger partial charge is 0.377 e.